The number of nitriles is 1. The van der Waals surface area contributed by atoms with E-state index in [-0.39, 0.29) is 47.5 Å². The van der Waals surface area contributed by atoms with E-state index in [9.17, 15) is 22.3 Å². The van der Waals surface area contributed by atoms with Crippen LogP contribution in [0, 0.1) is 35.7 Å². The summed E-state index contributed by atoms with van der Waals surface area (Å²) in [6.07, 6.45) is -1.26. The van der Waals surface area contributed by atoms with Crippen molar-refractivity contribution in [1.82, 2.24) is 4.72 Å². The fraction of sp³-hybridized carbons (Fsp3) is 0.286. The minimum absolute atomic E-state index is 0.0679. The van der Waals surface area contributed by atoms with Gasteiger partial charge in [0, 0.05) is 11.5 Å². The number of hydrogen-bond acceptors (Lipinski definition) is 9. The maximum atomic E-state index is 15.4. The van der Waals surface area contributed by atoms with Crippen molar-refractivity contribution in [2.24, 2.45) is 0 Å². The second-order valence-electron chi connectivity index (χ2n) is 7.67. The second-order valence-corrected chi connectivity index (χ2v) is 12.4. The second kappa shape index (κ2) is 11.9. The summed E-state index contributed by atoms with van der Waals surface area (Å²) in [5.41, 5.74) is 6.61. The molecule has 206 valence electrons. The lowest BCUT2D eigenvalue weighted by molar-refractivity contribution is -0.372. The maximum Gasteiger partial charge on any atom is 0.250 e. The van der Waals surface area contributed by atoms with E-state index in [0.717, 1.165) is 12.1 Å². The Morgan fingerprint density at radius 1 is 1.13 bits per heavy atom. The number of thiophene rings is 1. The summed E-state index contributed by atoms with van der Waals surface area (Å²) >= 11 is 0.371. The summed E-state index contributed by atoms with van der Waals surface area (Å²) in [7, 11) is -9.60. The Hall–Kier alpha value is -2.90. The zero-order chi connectivity index (χ0) is 28.3. The van der Waals surface area contributed by atoms with Gasteiger partial charge >= 0.3 is 0 Å². The van der Waals surface area contributed by atoms with Crippen molar-refractivity contribution in [3.63, 3.8) is 0 Å². The summed E-state index contributed by atoms with van der Waals surface area (Å²) in [5, 5.41) is 8.38. The molecule has 7 N–H and O–H groups in total. The number of ether oxygens (including phenoxy) is 2. The lowest BCUT2D eigenvalue weighted by Crippen LogP contribution is -2.53. The molecule has 3 aromatic rings. The van der Waals surface area contributed by atoms with Gasteiger partial charge in [-0.3, -0.25) is 4.57 Å². The third-order valence-corrected chi connectivity index (χ3v) is 9.46. The predicted octanol–water partition coefficient (Wildman–Crippen LogP) is 0.608. The number of hydrogen-bond donors (Lipinski definition) is 3. The molecule has 0 bridgehead atoms. The quantitative estimate of drug-likeness (QED) is 0.253. The highest BCUT2D eigenvalue weighted by Gasteiger charge is 2.31. The van der Waals surface area contributed by atoms with Crippen LogP contribution >= 0.6 is 18.9 Å². The van der Waals surface area contributed by atoms with Gasteiger partial charge in [-0.2, -0.15) is 5.26 Å². The van der Waals surface area contributed by atoms with Crippen molar-refractivity contribution in [1.29, 1.82) is 5.26 Å². The highest BCUT2D eigenvalue weighted by Crippen LogP contribution is 2.46. The lowest BCUT2D eigenvalue weighted by atomic mass is 10.1. The molecule has 2 aromatic carbocycles. The van der Waals surface area contributed by atoms with Gasteiger partial charge in [0.1, 0.15) is 48.1 Å². The van der Waals surface area contributed by atoms with E-state index >= 15 is 8.78 Å². The van der Waals surface area contributed by atoms with Crippen LogP contribution in [0.4, 0.5) is 13.2 Å². The molecule has 1 heterocycles. The largest absolute Gasteiger partial charge is 0.768 e. The summed E-state index contributed by atoms with van der Waals surface area (Å²) in [6.45, 7) is 1.55. The molecule has 0 fully saturated rings. The molecular formula is C21H23F3N4O7PS2+. The summed E-state index contributed by atoms with van der Waals surface area (Å²) in [5.74, 6) is -4.71. The van der Waals surface area contributed by atoms with Crippen LogP contribution in [-0.2, 0) is 14.6 Å². The van der Waals surface area contributed by atoms with Gasteiger partial charge in [0.15, 0.2) is 19.2 Å². The van der Waals surface area contributed by atoms with Crippen molar-refractivity contribution >= 4 is 39.0 Å². The van der Waals surface area contributed by atoms with E-state index in [1.54, 1.807) is 6.07 Å². The van der Waals surface area contributed by atoms with Crippen LogP contribution in [0.3, 0.4) is 0 Å². The number of benzene rings is 2. The van der Waals surface area contributed by atoms with Gasteiger partial charge < -0.3 is 30.4 Å². The molecule has 3 rings (SSSR count). The zero-order valence-electron chi connectivity index (χ0n) is 19.9. The SMILES string of the molecule is Cc1c(S(=O)(=O)NCP(=O)([O-])Oc2ccc(C#N)c(F)c2)sc2c(F)c(OCC[NH3+])c(OCC[NH3+])c(F)c12. The third kappa shape index (κ3) is 6.21. The number of quaternary nitrogens is 2. The summed E-state index contributed by atoms with van der Waals surface area (Å²) < 4.78 is 99.0. The number of halogens is 3. The van der Waals surface area contributed by atoms with E-state index in [0.29, 0.717) is 17.4 Å². The molecule has 0 amide bonds. The molecule has 0 aliphatic rings. The number of fused-ring (bicyclic) bond motifs is 1. The maximum absolute atomic E-state index is 15.4. The van der Waals surface area contributed by atoms with Gasteiger partial charge in [-0.05, 0) is 24.6 Å². The number of rotatable bonds is 12. The zero-order valence-corrected chi connectivity index (χ0v) is 22.4. The molecule has 0 aliphatic heterocycles. The summed E-state index contributed by atoms with van der Waals surface area (Å²) in [6, 6.07) is 4.22. The minimum Gasteiger partial charge on any atom is -0.768 e. The molecule has 0 saturated heterocycles. The number of aryl methyl sites for hydroxylation is 1. The first-order valence-electron chi connectivity index (χ1n) is 10.8. The molecule has 1 atom stereocenters. The molecule has 0 aliphatic carbocycles. The van der Waals surface area contributed by atoms with Crippen LogP contribution in [0.2, 0.25) is 0 Å². The fourth-order valence-electron chi connectivity index (χ4n) is 3.26. The van der Waals surface area contributed by atoms with Gasteiger partial charge in [0.25, 0.3) is 10.0 Å². The van der Waals surface area contributed by atoms with Crippen LogP contribution in [0.5, 0.6) is 17.2 Å². The Kier molecular flexibility index (Phi) is 9.26. The third-order valence-electron chi connectivity index (χ3n) is 4.91. The summed E-state index contributed by atoms with van der Waals surface area (Å²) in [4.78, 5) is 12.3. The molecule has 11 nitrogen and oxygen atoms in total. The van der Waals surface area contributed by atoms with E-state index in [1.165, 1.54) is 6.92 Å². The molecule has 0 radical (unpaired) electrons. The molecular weight excluding hydrogens is 572 g/mol. The van der Waals surface area contributed by atoms with Crippen LogP contribution in [0.1, 0.15) is 11.1 Å². The van der Waals surface area contributed by atoms with Crippen molar-refractivity contribution in [2.45, 2.75) is 11.1 Å². The van der Waals surface area contributed by atoms with E-state index < -0.39 is 62.8 Å². The standard InChI is InChI=1S/C21H22F3N4O7PS2/c1-11-15-16(23)18(33-6-4-25)19(34-7-5-26)17(24)20(15)37-21(11)38(31,32)28-10-36(29,30)35-13-3-2-12(9-27)14(22)8-13/h2-3,8,28H,4-7,10,25-26H2,1H3,(H,29,30)/p+1. The molecule has 17 heteroatoms. The monoisotopic (exact) mass is 595 g/mol. The van der Waals surface area contributed by atoms with Crippen LogP contribution in [0.25, 0.3) is 10.1 Å². The van der Waals surface area contributed by atoms with E-state index in [4.69, 9.17) is 19.3 Å². The smallest absolute Gasteiger partial charge is 0.250 e. The van der Waals surface area contributed by atoms with Gasteiger partial charge in [-0.1, -0.05) is 0 Å². The first kappa shape index (κ1) is 29.7. The van der Waals surface area contributed by atoms with Crippen molar-refractivity contribution in [3.8, 4) is 23.3 Å². The van der Waals surface area contributed by atoms with E-state index in [2.05, 4.69) is 11.5 Å². The van der Waals surface area contributed by atoms with Gasteiger partial charge in [-0.15, -0.1) is 11.3 Å². The van der Waals surface area contributed by atoms with Gasteiger partial charge in [0.2, 0.25) is 11.5 Å². The van der Waals surface area contributed by atoms with Gasteiger partial charge in [0.05, 0.1) is 16.5 Å². The lowest BCUT2D eigenvalue weighted by Gasteiger charge is -2.24. The average Bonchev–Trinajstić information content (AvgIpc) is 3.22. The van der Waals surface area contributed by atoms with E-state index in [1.807, 2.05) is 4.72 Å². The van der Waals surface area contributed by atoms with Crippen LogP contribution < -0.4 is 35.1 Å². The first-order chi connectivity index (χ1) is 17.9. The Balaban J connectivity index is 1.95. The molecule has 0 spiro atoms. The van der Waals surface area contributed by atoms with Gasteiger partial charge in [-0.25, -0.2) is 26.3 Å². The molecule has 1 aromatic heterocycles. The average molecular weight is 596 g/mol. The predicted molar refractivity (Wildman–Crippen MR) is 128 cm³/mol. The number of nitrogens with zero attached hydrogens (tertiary/aromatic N) is 1. The molecule has 1 unspecified atom stereocenters. The van der Waals surface area contributed by atoms with Crippen LogP contribution in [0.15, 0.2) is 22.4 Å². The highest BCUT2D eigenvalue weighted by atomic mass is 32.2. The number of nitrogens with one attached hydrogen (secondary N) is 1. The minimum atomic E-state index is -4.97. The Morgan fingerprint density at radius 3 is 2.29 bits per heavy atom. The first-order valence-corrected chi connectivity index (χ1v) is 14.9. The van der Waals surface area contributed by atoms with Crippen molar-refractivity contribution < 1.29 is 56.5 Å². The van der Waals surface area contributed by atoms with Crippen molar-refractivity contribution in [3.05, 3.63) is 46.8 Å². The normalized spacial score (nSPS) is 13.2. The Morgan fingerprint density at radius 2 is 1.74 bits per heavy atom. The van der Waals surface area contributed by atoms with Crippen LogP contribution in [-0.4, -0.2) is 41.0 Å². The fourth-order valence-corrected chi connectivity index (χ4v) is 7.54. The highest BCUT2D eigenvalue weighted by molar-refractivity contribution is 7.92. The Labute approximate surface area is 219 Å². The Bertz CT molecular complexity index is 1560. The molecule has 0 saturated carbocycles. The topological polar surface area (TPSA) is 193 Å². The van der Waals surface area contributed by atoms with Crippen molar-refractivity contribution in [2.75, 3.05) is 32.6 Å². The number of sulfonamides is 1. The molecule has 38 heavy (non-hydrogen) atoms.